The number of aromatic hydroxyl groups is 2. The summed E-state index contributed by atoms with van der Waals surface area (Å²) in [5.41, 5.74) is 4.40. The summed E-state index contributed by atoms with van der Waals surface area (Å²) in [7, 11) is 3.11. The summed E-state index contributed by atoms with van der Waals surface area (Å²) in [5, 5.41) is 26.5. The second-order valence-electron chi connectivity index (χ2n) is 5.03. The van der Waals surface area contributed by atoms with Crippen molar-refractivity contribution in [2.24, 2.45) is 5.10 Å². The quantitative estimate of drug-likeness (QED) is 0.369. The van der Waals surface area contributed by atoms with Crippen LogP contribution in [0.25, 0.3) is 0 Å². The Hall–Kier alpha value is -3.00. The average Bonchev–Trinajstić information content (AvgIpc) is 2.59. The average molecular weight is 361 g/mol. The third-order valence-electron chi connectivity index (χ3n) is 3.34. The molecule has 0 amide bonds. The first-order chi connectivity index (χ1) is 11.9. The summed E-state index contributed by atoms with van der Waals surface area (Å²) in [6, 6.07) is 9.57. The molecular formula is C17H19N3O4S. The molecule has 25 heavy (non-hydrogen) atoms. The molecule has 0 aromatic heterocycles. The van der Waals surface area contributed by atoms with Crippen LogP contribution in [0.2, 0.25) is 0 Å². The van der Waals surface area contributed by atoms with Crippen LogP contribution in [0.3, 0.4) is 0 Å². The van der Waals surface area contributed by atoms with Crippen molar-refractivity contribution >= 4 is 28.7 Å². The molecule has 0 fully saturated rings. The Morgan fingerprint density at radius 2 is 1.76 bits per heavy atom. The van der Waals surface area contributed by atoms with Crippen molar-refractivity contribution in [3.8, 4) is 23.0 Å². The van der Waals surface area contributed by atoms with Gasteiger partial charge in [-0.3, -0.25) is 5.43 Å². The highest BCUT2D eigenvalue weighted by Gasteiger charge is 2.07. The van der Waals surface area contributed by atoms with Crippen molar-refractivity contribution < 1.29 is 19.7 Å². The third kappa shape index (κ3) is 4.74. The van der Waals surface area contributed by atoms with Crippen LogP contribution in [-0.2, 0) is 0 Å². The molecule has 0 aliphatic heterocycles. The summed E-state index contributed by atoms with van der Waals surface area (Å²) in [4.78, 5) is 0. The molecule has 8 heteroatoms. The summed E-state index contributed by atoms with van der Waals surface area (Å²) in [6.07, 6.45) is 0. The summed E-state index contributed by atoms with van der Waals surface area (Å²) in [6.45, 7) is 1.71. The molecule has 0 radical (unpaired) electrons. The number of ether oxygens (including phenoxy) is 2. The minimum atomic E-state index is -0.0678. The number of phenols is 2. The molecule has 7 nitrogen and oxygen atoms in total. The lowest BCUT2D eigenvalue weighted by atomic mass is 10.1. The number of benzene rings is 2. The fourth-order valence-corrected chi connectivity index (χ4v) is 2.26. The van der Waals surface area contributed by atoms with Gasteiger partial charge in [-0.05, 0) is 43.4 Å². The molecule has 0 bridgehead atoms. The molecule has 0 saturated carbocycles. The highest BCUT2D eigenvalue weighted by atomic mass is 32.1. The van der Waals surface area contributed by atoms with Gasteiger partial charge in [0, 0.05) is 23.4 Å². The Kier molecular flexibility index (Phi) is 6.02. The minimum Gasteiger partial charge on any atom is -0.508 e. The number of hydrogen-bond donors (Lipinski definition) is 4. The van der Waals surface area contributed by atoms with Crippen LogP contribution in [0.1, 0.15) is 12.5 Å². The van der Waals surface area contributed by atoms with Gasteiger partial charge in [0.2, 0.25) is 0 Å². The maximum atomic E-state index is 9.83. The first-order valence-corrected chi connectivity index (χ1v) is 7.71. The maximum Gasteiger partial charge on any atom is 0.191 e. The van der Waals surface area contributed by atoms with Crippen molar-refractivity contribution in [3.63, 3.8) is 0 Å². The molecule has 0 heterocycles. The molecule has 4 N–H and O–H groups in total. The smallest absolute Gasteiger partial charge is 0.191 e. The molecule has 132 valence electrons. The van der Waals surface area contributed by atoms with E-state index >= 15 is 0 Å². The van der Waals surface area contributed by atoms with E-state index < -0.39 is 0 Å². The van der Waals surface area contributed by atoms with Crippen LogP contribution in [0.4, 0.5) is 5.69 Å². The number of methoxy groups -OCH3 is 2. The standard InChI is InChI=1S/C17H19N3O4S/c1-10(13-6-5-12(21)9-14(13)22)19-20-17(25)18-11-4-7-15(23-2)16(8-11)24-3/h4-9,21-22H,1-3H3,(H2,18,20,25)/b19-10+. The predicted octanol–water partition coefficient (Wildman–Crippen LogP) is 2.83. The largest absolute Gasteiger partial charge is 0.508 e. The first-order valence-electron chi connectivity index (χ1n) is 7.30. The SMILES string of the molecule is COc1ccc(NC(=S)N/N=C(\C)c2ccc(O)cc2O)cc1OC. The number of rotatable bonds is 5. The number of nitrogens with zero attached hydrogens (tertiary/aromatic N) is 1. The topological polar surface area (TPSA) is 95.3 Å². The van der Waals surface area contributed by atoms with Crippen LogP contribution >= 0.6 is 12.2 Å². The highest BCUT2D eigenvalue weighted by Crippen LogP contribution is 2.29. The Labute approximate surface area is 150 Å². The van der Waals surface area contributed by atoms with Crippen LogP contribution in [0.5, 0.6) is 23.0 Å². The molecule has 0 atom stereocenters. The molecule has 0 aliphatic carbocycles. The molecule has 2 aromatic carbocycles. The van der Waals surface area contributed by atoms with E-state index in [0.29, 0.717) is 28.5 Å². The number of thiocarbonyl (C=S) groups is 1. The van der Waals surface area contributed by atoms with E-state index in [9.17, 15) is 10.2 Å². The van der Waals surface area contributed by atoms with Gasteiger partial charge >= 0.3 is 0 Å². The van der Waals surface area contributed by atoms with Crippen molar-refractivity contribution in [1.29, 1.82) is 0 Å². The monoisotopic (exact) mass is 361 g/mol. The lowest BCUT2D eigenvalue weighted by Gasteiger charge is -2.12. The summed E-state index contributed by atoms with van der Waals surface area (Å²) in [5.74, 6) is 1.10. The predicted molar refractivity (Wildman–Crippen MR) is 101 cm³/mol. The molecule has 0 saturated heterocycles. The third-order valence-corrected chi connectivity index (χ3v) is 3.53. The van der Waals surface area contributed by atoms with Gasteiger partial charge in [-0.2, -0.15) is 5.10 Å². The molecule has 0 aliphatic rings. The van der Waals surface area contributed by atoms with Crippen LogP contribution in [0.15, 0.2) is 41.5 Å². The molecule has 2 rings (SSSR count). The first kappa shape index (κ1) is 18.3. The van der Waals surface area contributed by atoms with Crippen molar-refractivity contribution in [1.82, 2.24) is 5.43 Å². The number of hydrazone groups is 1. The Balaban J connectivity index is 2.04. The van der Waals surface area contributed by atoms with Gasteiger partial charge in [0.05, 0.1) is 19.9 Å². The Bertz CT molecular complexity index is 808. The zero-order chi connectivity index (χ0) is 18.4. The van der Waals surface area contributed by atoms with Gasteiger partial charge in [-0.25, -0.2) is 0 Å². The number of phenolic OH excluding ortho intramolecular Hbond substituents is 2. The van der Waals surface area contributed by atoms with Gasteiger partial charge in [0.1, 0.15) is 11.5 Å². The Morgan fingerprint density at radius 3 is 2.40 bits per heavy atom. The highest BCUT2D eigenvalue weighted by molar-refractivity contribution is 7.80. The maximum absolute atomic E-state index is 9.83. The number of hydrogen-bond acceptors (Lipinski definition) is 6. The zero-order valence-corrected chi connectivity index (χ0v) is 14.8. The van der Waals surface area contributed by atoms with E-state index in [4.69, 9.17) is 21.7 Å². The minimum absolute atomic E-state index is 0.0207. The van der Waals surface area contributed by atoms with Gasteiger partial charge < -0.3 is 25.0 Å². The van der Waals surface area contributed by atoms with Crippen molar-refractivity contribution in [2.75, 3.05) is 19.5 Å². The molecule has 2 aromatic rings. The zero-order valence-electron chi connectivity index (χ0n) is 14.0. The molecule has 0 spiro atoms. The van der Waals surface area contributed by atoms with Gasteiger partial charge in [0.25, 0.3) is 0 Å². The summed E-state index contributed by atoms with van der Waals surface area (Å²) >= 11 is 5.19. The molecular weight excluding hydrogens is 342 g/mol. The van der Waals surface area contributed by atoms with Crippen LogP contribution in [0, 0.1) is 0 Å². The second kappa shape index (κ2) is 8.20. The van der Waals surface area contributed by atoms with E-state index in [1.807, 2.05) is 0 Å². The fourth-order valence-electron chi connectivity index (χ4n) is 2.09. The summed E-state index contributed by atoms with van der Waals surface area (Å²) < 4.78 is 10.4. The van der Waals surface area contributed by atoms with Crippen molar-refractivity contribution in [3.05, 3.63) is 42.0 Å². The van der Waals surface area contributed by atoms with Crippen LogP contribution in [-0.4, -0.2) is 35.3 Å². The van der Waals surface area contributed by atoms with Gasteiger partial charge in [-0.1, -0.05) is 0 Å². The fraction of sp³-hybridized carbons (Fsp3) is 0.176. The van der Waals surface area contributed by atoms with Gasteiger partial charge in [-0.15, -0.1) is 0 Å². The van der Waals surface area contributed by atoms with Crippen LogP contribution < -0.4 is 20.2 Å². The van der Waals surface area contributed by atoms with Crippen molar-refractivity contribution in [2.45, 2.75) is 6.92 Å². The van der Waals surface area contributed by atoms with E-state index in [2.05, 4.69) is 15.8 Å². The second-order valence-corrected chi connectivity index (χ2v) is 5.44. The van der Waals surface area contributed by atoms with E-state index in [1.54, 1.807) is 45.4 Å². The number of nitrogens with one attached hydrogen (secondary N) is 2. The lowest BCUT2D eigenvalue weighted by Crippen LogP contribution is -2.25. The van der Waals surface area contributed by atoms with Gasteiger partial charge in [0.15, 0.2) is 16.6 Å². The van der Waals surface area contributed by atoms with E-state index in [1.165, 1.54) is 12.1 Å². The Morgan fingerprint density at radius 1 is 1.04 bits per heavy atom. The lowest BCUT2D eigenvalue weighted by molar-refractivity contribution is 0.355. The number of anilines is 1. The normalized spacial score (nSPS) is 10.9. The van der Waals surface area contributed by atoms with E-state index in [0.717, 1.165) is 0 Å². The molecule has 0 unspecified atom stereocenters. The van der Waals surface area contributed by atoms with E-state index in [-0.39, 0.29) is 16.6 Å².